The molecule has 0 aliphatic carbocycles. The Morgan fingerprint density at radius 3 is 1.38 bits per heavy atom. The van der Waals surface area contributed by atoms with E-state index in [0.29, 0.717) is 11.5 Å². The van der Waals surface area contributed by atoms with Gasteiger partial charge in [-0.2, -0.15) is 0 Å². The number of carbonyl (C=O) groups excluding carboxylic acids is 2. The maximum Gasteiger partial charge on any atom is 0.308 e. The SMILES string of the molecule is CC(=O)Oc1ccc([P+](C)(c2ccccc2)c2ccc(OC(C)=O)cc2)cc1.Cc1ccc(S(=O)(=O)[O-])cc1. The molecule has 0 unspecified atom stereocenters. The van der Waals surface area contributed by atoms with Gasteiger partial charge in [0.25, 0.3) is 0 Å². The van der Waals surface area contributed by atoms with E-state index in [0.717, 1.165) is 16.2 Å². The predicted molar refractivity (Wildman–Crippen MR) is 153 cm³/mol. The van der Waals surface area contributed by atoms with Gasteiger partial charge in [-0.1, -0.05) is 35.9 Å². The maximum atomic E-state index is 11.2. The van der Waals surface area contributed by atoms with Crippen molar-refractivity contribution in [3.63, 3.8) is 0 Å². The normalized spacial score (nSPS) is 11.1. The Balaban J connectivity index is 0.000000320. The topological polar surface area (TPSA) is 110 Å². The number of hydrogen-bond acceptors (Lipinski definition) is 7. The molecule has 0 amide bonds. The summed E-state index contributed by atoms with van der Waals surface area (Å²) in [5.74, 6) is 0.381. The van der Waals surface area contributed by atoms with Crippen molar-refractivity contribution in [3.05, 3.63) is 109 Å². The molecular weight excluding hydrogens is 535 g/mol. The minimum absolute atomic E-state index is 0.178. The van der Waals surface area contributed by atoms with E-state index in [4.69, 9.17) is 9.47 Å². The number of benzene rings is 4. The zero-order chi connectivity index (χ0) is 28.6. The Hall–Kier alpha value is -3.84. The van der Waals surface area contributed by atoms with Crippen LogP contribution in [0.3, 0.4) is 0 Å². The van der Waals surface area contributed by atoms with Gasteiger partial charge in [0.1, 0.15) is 44.8 Å². The van der Waals surface area contributed by atoms with Crippen LogP contribution in [0.5, 0.6) is 11.5 Å². The third-order valence-corrected chi connectivity index (χ3v) is 10.7. The van der Waals surface area contributed by atoms with Crippen LogP contribution in [-0.4, -0.2) is 31.6 Å². The van der Waals surface area contributed by atoms with E-state index in [1.165, 1.54) is 31.3 Å². The first kappa shape index (κ1) is 29.7. The highest BCUT2D eigenvalue weighted by Gasteiger charge is 2.40. The van der Waals surface area contributed by atoms with E-state index in [9.17, 15) is 22.6 Å². The van der Waals surface area contributed by atoms with E-state index in [2.05, 4.69) is 18.8 Å². The monoisotopic (exact) mass is 564 g/mol. The molecular formula is C30H29O7PS. The van der Waals surface area contributed by atoms with Crippen LogP contribution in [-0.2, 0) is 19.7 Å². The second kappa shape index (κ2) is 12.8. The van der Waals surface area contributed by atoms with Gasteiger partial charge in [-0.05, 0) is 79.7 Å². The van der Waals surface area contributed by atoms with Crippen LogP contribution in [0.25, 0.3) is 0 Å². The zero-order valence-electron chi connectivity index (χ0n) is 22.0. The van der Waals surface area contributed by atoms with Crippen LogP contribution in [0.15, 0.2) is 108 Å². The van der Waals surface area contributed by atoms with Crippen molar-refractivity contribution in [2.75, 3.05) is 6.66 Å². The van der Waals surface area contributed by atoms with E-state index in [1.807, 2.05) is 73.7 Å². The van der Waals surface area contributed by atoms with E-state index in [-0.39, 0.29) is 16.8 Å². The predicted octanol–water partition coefficient (Wildman–Crippen LogP) is 4.36. The van der Waals surface area contributed by atoms with Gasteiger partial charge in [-0.15, -0.1) is 0 Å². The molecule has 0 atom stereocenters. The lowest BCUT2D eigenvalue weighted by atomic mass is 10.2. The Kier molecular flexibility index (Phi) is 9.76. The highest BCUT2D eigenvalue weighted by Crippen LogP contribution is 2.51. The number of aryl methyl sites for hydroxylation is 1. The van der Waals surface area contributed by atoms with Gasteiger partial charge in [0.2, 0.25) is 0 Å². The average Bonchev–Trinajstić information content (AvgIpc) is 2.89. The fourth-order valence-corrected chi connectivity index (χ4v) is 7.46. The third kappa shape index (κ3) is 8.07. The second-order valence-corrected chi connectivity index (χ2v) is 13.7. The van der Waals surface area contributed by atoms with Crippen LogP contribution in [0, 0.1) is 6.92 Å². The number of ether oxygens (including phenoxy) is 2. The van der Waals surface area contributed by atoms with Crippen LogP contribution < -0.4 is 25.4 Å². The fraction of sp³-hybridized carbons (Fsp3) is 0.133. The number of rotatable bonds is 6. The van der Waals surface area contributed by atoms with Crippen molar-refractivity contribution in [2.24, 2.45) is 0 Å². The maximum absolute atomic E-state index is 11.2. The molecule has 0 saturated heterocycles. The van der Waals surface area contributed by atoms with Gasteiger partial charge in [0.05, 0.1) is 11.6 Å². The Bertz CT molecular complexity index is 1460. The summed E-state index contributed by atoms with van der Waals surface area (Å²) in [5, 5.41) is 3.56. The summed E-state index contributed by atoms with van der Waals surface area (Å²) in [7, 11) is -6.19. The molecule has 0 heterocycles. The minimum Gasteiger partial charge on any atom is -0.744 e. The van der Waals surface area contributed by atoms with Crippen LogP contribution in [0.2, 0.25) is 0 Å². The number of carbonyl (C=O) groups is 2. The summed E-state index contributed by atoms with van der Waals surface area (Å²) in [4.78, 5) is 22.2. The molecule has 0 aromatic heterocycles. The van der Waals surface area contributed by atoms with Crippen molar-refractivity contribution >= 4 is 45.2 Å². The van der Waals surface area contributed by atoms with Gasteiger partial charge in [-0.3, -0.25) is 9.59 Å². The van der Waals surface area contributed by atoms with Crippen LogP contribution >= 0.6 is 7.26 Å². The molecule has 0 radical (unpaired) electrons. The first-order valence-electron chi connectivity index (χ1n) is 11.9. The van der Waals surface area contributed by atoms with Gasteiger partial charge in [0.15, 0.2) is 0 Å². The molecule has 0 saturated carbocycles. The first-order valence-corrected chi connectivity index (χ1v) is 15.6. The molecule has 0 aliphatic heterocycles. The highest BCUT2D eigenvalue weighted by molar-refractivity contribution is 7.95. The summed E-state index contributed by atoms with van der Waals surface area (Å²) >= 11 is 0. The van der Waals surface area contributed by atoms with E-state index < -0.39 is 17.4 Å². The van der Waals surface area contributed by atoms with Gasteiger partial charge in [-0.25, -0.2) is 8.42 Å². The Morgan fingerprint density at radius 1 is 0.641 bits per heavy atom. The summed E-state index contributed by atoms with van der Waals surface area (Å²) in [6.45, 7) is 6.85. The molecule has 39 heavy (non-hydrogen) atoms. The van der Waals surface area contributed by atoms with Crippen molar-refractivity contribution < 1.29 is 32.0 Å². The molecule has 4 aromatic rings. The quantitative estimate of drug-likeness (QED) is 0.148. The van der Waals surface area contributed by atoms with Crippen molar-refractivity contribution in [2.45, 2.75) is 25.7 Å². The highest BCUT2D eigenvalue weighted by atomic mass is 32.2. The number of esters is 2. The molecule has 4 rings (SSSR count). The molecule has 0 N–H and O–H groups in total. The lowest BCUT2D eigenvalue weighted by molar-refractivity contribution is -0.132. The molecule has 7 nitrogen and oxygen atoms in total. The third-order valence-electron chi connectivity index (χ3n) is 5.81. The lowest BCUT2D eigenvalue weighted by Crippen LogP contribution is -2.30. The molecule has 0 fully saturated rings. The van der Waals surface area contributed by atoms with E-state index >= 15 is 0 Å². The smallest absolute Gasteiger partial charge is 0.308 e. The second-order valence-electron chi connectivity index (χ2n) is 8.78. The van der Waals surface area contributed by atoms with Crippen LogP contribution in [0.1, 0.15) is 19.4 Å². The van der Waals surface area contributed by atoms with Crippen molar-refractivity contribution in [1.29, 1.82) is 0 Å². The molecule has 4 aromatic carbocycles. The molecule has 202 valence electrons. The first-order chi connectivity index (χ1) is 18.4. The van der Waals surface area contributed by atoms with Gasteiger partial charge in [0, 0.05) is 13.8 Å². The largest absolute Gasteiger partial charge is 0.744 e. The Morgan fingerprint density at radius 2 is 1.03 bits per heavy atom. The van der Waals surface area contributed by atoms with E-state index in [1.54, 1.807) is 12.1 Å². The van der Waals surface area contributed by atoms with Crippen molar-refractivity contribution in [1.82, 2.24) is 0 Å². The molecule has 0 aliphatic rings. The fourth-order valence-electron chi connectivity index (χ4n) is 3.83. The summed E-state index contributed by atoms with van der Waals surface area (Å²) in [5.41, 5.74) is 0.928. The van der Waals surface area contributed by atoms with Crippen LogP contribution in [0.4, 0.5) is 0 Å². The summed E-state index contributed by atoms with van der Waals surface area (Å²) in [6, 6.07) is 31.5. The molecule has 0 spiro atoms. The number of hydrogen-bond donors (Lipinski definition) is 0. The van der Waals surface area contributed by atoms with Crippen molar-refractivity contribution in [3.8, 4) is 11.5 Å². The Labute approximate surface area is 229 Å². The van der Waals surface area contributed by atoms with Gasteiger partial charge < -0.3 is 14.0 Å². The average molecular weight is 565 g/mol. The summed E-state index contributed by atoms with van der Waals surface area (Å²) < 4.78 is 41.5. The molecule has 9 heteroatoms. The summed E-state index contributed by atoms with van der Waals surface area (Å²) in [6.07, 6.45) is 0. The lowest BCUT2D eigenvalue weighted by Gasteiger charge is -2.23. The zero-order valence-corrected chi connectivity index (χ0v) is 23.7. The van der Waals surface area contributed by atoms with Gasteiger partial charge >= 0.3 is 11.9 Å². The minimum atomic E-state index is -4.27. The molecule has 0 bridgehead atoms. The standard InChI is InChI=1S/C23H22O4P.C7H8O3S/c1-17(24)26-19-9-13-22(14-10-19)28(3,21-7-5-4-6-8-21)23-15-11-20(12-16-23)27-18(2)25;1-6-2-4-7(5-3-6)11(8,9)10/h4-16H,1-3H3;2-5H,1H3,(H,8,9,10)/q+1;/p-1.